The van der Waals surface area contributed by atoms with Gasteiger partial charge >= 0.3 is 0 Å². The van der Waals surface area contributed by atoms with Gasteiger partial charge in [0.2, 0.25) is 0 Å². The van der Waals surface area contributed by atoms with E-state index in [9.17, 15) is 0 Å². The van der Waals surface area contributed by atoms with Gasteiger partial charge in [-0.1, -0.05) is 30.3 Å². The standard InChI is InChI=1S/C15H24N2O3/c1-18-14-11-16(12-15(19-2)17(14)20-3)10-9-13-7-5-4-6-8-13/h4-8,14-15H,9-12H2,1-3H3. The second-order valence-electron chi connectivity index (χ2n) is 4.92. The minimum atomic E-state index is -0.102. The number of nitrogens with zero attached hydrogens (tertiary/aromatic N) is 2. The summed E-state index contributed by atoms with van der Waals surface area (Å²) in [5.41, 5.74) is 1.35. The Hall–Kier alpha value is -0.980. The monoisotopic (exact) mass is 280 g/mol. The van der Waals surface area contributed by atoms with Gasteiger partial charge in [0.1, 0.15) is 12.5 Å². The summed E-state index contributed by atoms with van der Waals surface area (Å²) in [5.74, 6) is 0. The molecule has 0 aliphatic carbocycles. The molecule has 1 aromatic carbocycles. The lowest BCUT2D eigenvalue weighted by atomic mass is 10.1. The quantitative estimate of drug-likeness (QED) is 0.786. The van der Waals surface area contributed by atoms with E-state index < -0.39 is 0 Å². The van der Waals surface area contributed by atoms with E-state index in [2.05, 4.69) is 29.2 Å². The molecule has 0 N–H and O–H groups in total. The van der Waals surface area contributed by atoms with Crippen LogP contribution in [0.4, 0.5) is 0 Å². The van der Waals surface area contributed by atoms with Crippen molar-refractivity contribution in [2.24, 2.45) is 0 Å². The van der Waals surface area contributed by atoms with Crippen molar-refractivity contribution in [1.29, 1.82) is 0 Å². The van der Waals surface area contributed by atoms with Gasteiger partial charge in [0.05, 0.1) is 7.11 Å². The predicted octanol–water partition coefficient (Wildman–Crippen LogP) is 1.35. The van der Waals surface area contributed by atoms with Crippen molar-refractivity contribution in [3.63, 3.8) is 0 Å². The largest absolute Gasteiger partial charge is 0.363 e. The Morgan fingerprint density at radius 1 is 1.00 bits per heavy atom. The molecule has 0 amide bonds. The molecule has 1 fully saturated rings. The second kappa shape index (κ2) is 7.71. The summed E-state index contributed by atoms with van der Waals surface area (Å²) in [5, 5.41) is 1.78. The van der Waals surface area contributed by atoms with Gasteiger partial charge in [0, 0.05) is 33.9 Å². The average molecular weight is 280 g/mol. The van der Waals surface area contributed by atoms with Crippen LogP contribution in [0, 0.1) is 0 Å². The molecule has 1 aliphatic rings. The zero-order valence-electron chi connectivity index (χ0n) is 12.5. The van der Waals surface area contributed by atoms with Gasteiger partial charge in [-0.25, -0.2) is 0 Å². The summed E-state index contributed by atoms with van der Waals surface area (Å²) in [4.78, 5) is 7.72. The van der Waals surface area contributed by atoms with Crippen LogP contribution in [0.1, 0.15) is 5.56 Å². The van der Waals surface area contributed by atoms with Crippen LogP contribution in [0.2, 0.25) is 0 Å². The summed E-state index contributed by atoms with van der Waals surface area (Å²) in [6, 6.07) is 10.5. The Morgan fingerprint density at radius 2 is 1.60 bits per heavy atom. The SMILES string of the molecule is COC1CN(CCc2ccccc2)CC(OC)N1OC. The van der Waals surface area contributed by atoms with Crippen LogP contribution in [-0.4, -0.2) is 63.4 Å². The molecule has 5 nitrogen and oxygen atoms in total. The van der Waals surface area contributed by atoms with Crippen LogP contribution in [-0.2, 0) is 20.7 Å². The lowest BCUT2D eigenvalue weighted by molar-refractivity contribution is -0.321. The molecule has 2 unspecified atom stereocenters. The summed E-state index contributed by atoms with van der Waals surface area (Å²) in [6.07, 6.45) is 0.824. The van der Waals surface area contributed by atoms with Crippen LogP contribution in [0.25, 0.3) is 0 Å². The van der Waals surface area contributed by atoms with E-state index in [1.165, 1.54) is 5.56 Å². The molecule has 2 atom stereocenters. The van der Waals surface area contributed by atoms with Gasteiger partial charge in [-0.3, -0.25) is 9.74 Å². The third-order valence-corrected chi connectivity index (χ3v) is 3.71. The molecule has 2 rings (SSSR count). The fourth-order valence-corrected chi connectivity index (χ4v) is 2.57. The predicted molar refractivity (Wildman–Crippen MR) is 77.0 cm³/mol. The van der Waals surface area contributed by atoms with Gasteiger partial charge in [-0.2, -0.15) is 0 Å². The highest BCUT2D eigenvalue weighted by Gasteiger charge is 2.35. The highest BCUT2D eigenvalue weighted by Crippen LogP contribution is 2.17. The van der Waals surface area contributed by atoms with Gasteiger partial charge < -0.3 is 9.47 Å². The topological polar surface area (TPSA) is 34.2 Å². The molecule has 1 heterocycles. The minimum Gasteiger partial charge on any atom is -0.363 e. The lowest BCUT2D eigenvalue weighted by Crippen LogP contribution is -2.59. The maximum atomic E-state index is 5.49. The smallest absolute Gasteiger partial charge is 0.148 e. The van der Waals surface area contributed by atoms with Crippen LogP contribution >= 0.6 is 0 Å². The number of piperazine rings is 1. The van der Waals surface area contributed by atoms with Crippen molar-refractivity contribution in [2.75, 3.05) is 41.0 Å². The van der Waals surface area contributed by atoms with E-state index >= 15 is 0 Å². The van der Waals surface area contributed by atoms with E-state index in [0.717, 1.165) is 26.1 Å². The van der Waals surface area contributed by atoms with Gasteiger partial charge in [-0.15, -0.1) is 5.06 Å². The van der Waals surface area contributed by atoms with E-state index in [4.69, 9.17) is 14.3 Å². The van der Waals surface area contributed by atoms with Crippen LogP contribution in [0.3, 0.4) is 0 Å². The molecule has 0 bridgehead atoms. The van der Waals surface area contributed by atoms with E-state index in [-0.39, 0.29) is 12.5 Å². The fourth-order valence-electron chi connectivity index (χ4n) is 2.57. The number of methoxy groups -OCH3 is 2. The summed E-state index contributed by atoms with van der Waals surface area (Å²) in [6.45, 7) is 2.62. The molecular formula is C15H24N2O3. The third-order valence-electron chi connectivity index (χ3n) is 3.71. The van der Waals surface area contributed by atoms with Crippen molar-refractivity contribution < 1.29 is 14.3 Å². The molecule has 1 saturated heterocycles. The molecule has 0 radical (unpaired) electrons. The summed E-state index contributed by atoms with van der Waals surface area (Å²) in [7, 11) is 5.05. The molecule has 1 aliphatic heterocycles. The number of hydrogen-bond acceptors (Lipinski definition) is 5. The number of hydroxylamine groups is 2. The number of benzene rings is 1. The van der Waals surface area contributed by atoms with Crippen molar-refractivity contribution in [1.82, 2.24) is 9.96 Å². The Morgan fingerprint density at radius 3 is 2.10 bits per heavy atom. The molecule has 5 heteroatoms. The molecule has 0 spiro atoms. The molecular weight excluding hydrogens is 256 g/mol. The third kappa shape index (κ3) is 3.77. The maximum Gasteiger partial charge on any atom is 0.148 e. The first kappa shape index (κ1) is 15.4. The maximum absolute atomic E-state index is 5.49. The first-order valence-corrected chi connectivity index (χ1v) is 6.92. The zero-order valence-corrected chi connectivity index (χ0v) is 12.5. The average Bonchev–Trinajstić information content (AvgIpc) is 2.52. The zero-order chi connectivity index (χ0) is 14.4. The van der Waals surface area contributed by atoms with Crippen LogP contribution in [0.15, 0.2) is 30.3 Å². The molecule has 0 aromatic heterocycles. The molecule has 112 valence electrons. The van der Waals surface area contributed by atoms with Gasteiger partial charge in [0.25, 0.3) is 0 Å². The van der Waals surface area contributed by atoms with E-state index in [0.29, 0.717) is 0 Å². The van der Waals surface area contributed by atoms with Crippen molar-refractivity contribution >= 4 is 0 Å². The minimum absolute atomic E-state index is 0.102. The number of rotatable bonds is 6. The lowest BCUT2D eigenvalue weighted by Gasteiger charge is -2.43. The normalized spacial score (nSPS) is 24.9. The first-order chi connectivity index (χ1) is 9.78. The fraction of sp³-hybridized carbons (Fsp3) is 0.600. The molecule has 1 aromatic rings. The summed E-state index contributed by atoms with van der Waals surface area (Å²) < 4.78 is 11.0. The summed E-state index contributed by atoms with van der Waals surface area (Å²) >= 11 is 0. The molecule has 20 heavy (non-hydrogen) atoms. The van der Waals surface area contributed by atoms with Crippen LogP contribution < -0.4 is 0 Å². The Kier molecular flexibility index (Phi) is 5.94. The van der Waals surface area contributed by atoms with E-state index in [1.807, 2.05) is 6.07 Å². The number of ether oxygens (including phenoxy) is 2. The Balaban J connectivity index is 1.92. The van der Waals surface area contributed by atoms with Crippen molar-refractivity contribution in [3.8, 4) is 0 Å². The van der Waals surface area contributed by atoms with Crippen molar-refractivity contribution in [3.05, 3.63) is 35.9 Å². The Labute approximate surface area is 121 Å². The number of hydrogen-bond donors (Lipinski definition) is 0. The Bertz CT molecular complexity index is 374. The highest BCUT2D eigenvalue weighted by molar-refractivity contribution is 5.14. The second-order valence-corrected chi connectivity index (χ2v) is 4.92. The highest BCUT2D eigenvalue weighted by atomic mass is 16.7. The van der Waals surface area contributed by atoms with Crippen LogP contribution in [0.5, 0.6) is 0 Å². The first-order valence-electron chi connectivity index (χ1n) is 6.92. The molecule has 0 saturated carbocycles. The van der Waals surface area contributed by atoms with Gasteiger partial charge in [-0.05, 0) is 12.0 Å². The van der Waals surface area contributed by atoms with Gasteiger partial charge in [0.15, 0.2) is 0 Å². The van der Waals surface area contributed by atoms with Crippen molar-refractivity contribution in [2.45, 2.75) is 18.9 Å². The van der Waals surface area contributed by atoms with E-state index in [1.54, 1.807) is 26.4 Å².